The molecule has 0 aliphatic carbocycles. The average molecular weight is 572 g/mol. The summed E-state index contributed by atoms with van der Waals surface area (Å²) in [6.45, 7) is 3.75. The summed E-state index contributed by atoms with van der Waals surface area (Å²) < 4.78 is 8.10. The van der Waals surface area contributed by atoms with E-state index in [1.54, 1.807) is 16.7 Å². The Morgan fingerprint density at radius 3 is 2.69 bits per heavy atom. The number of nitrogens with zero attached hydrogens (tertiary/aromatic N) is 2. The number of anilines is 1. The van der Waals surface area contributed by atoms with Gasteiger partial charge in [0.2, 0.25) is 0 Å². The second-order valence-corrected chi connectivity index (χ2v) is 11.5. The third-order valence-electron chi connectivity index (χ3n) is 6.48. The molecule has 1 aliphatic heterocycles. The molecule has 0 fully saturated rings. The number of para-hydroxylation sites is 1. The van der Waals surface area contributed by atoms with E-state index < -0.39 is 6.04 Å². The molecule has 0 bridgehead atoms. The third kappa shape index (κ3) is 4.83. The van der Waals surface area contributed by atoms with Crippen LogP contribution in [0.1, 0.15) is 29.2 Å². The van der Waals surface area contributed by atoms with E-state index in [9.17, 15) is 9.59 Å². The highest BCUT2D eigenvalue weighted by molar-refractivity contribution is 7.10. The quantitative estimate of drug-likeness (QED) is 0.275. The number of rotatable bonds is 5. The van der Waals surface area contributed by atoms with Crippen LogP contribution in [0.4, 0.5) is 5.69 Å². The third-order valence-corrected chi connectivity index (χ3v) is 8.62. The van der Waals surface area contributed by atoms with Gasteiger partial charge in [-0.05, 0) is 61.2 Å². The maximum absolute atomic E-state index is 13.8. The van der Waals surface area contributed by atoms with Crippen LogP contribution in [0.2, 0.25) is 5.02 Å². The predicted molar refractivity (Wildman–Crippen MR) is 157 cm³/mol. The molecule has 4 heterocycles. The highest BCUT2D eigenvalue weighted by Gasteiger charge is 2.33. The Bertz CT molecular complexity index is 1930. The van der Waals surface area contributed by atoms with Crippen molar-refractivity contribution in [2.24, 2.45) is 4.99 Å². The summed E-state index contributed by atoms with van der Waals surface area (Å²) in [6, 6.07) is 21.9. The summed E-state index contributed by atoms with van der Waals surface area (Å²) >= 11 is 8.91. The zero-order valence-electron chi connectivity index (χ0n) is 21.0. The molecule has 0 unspecified atom stereocenters. The van der Waals surface area contributed by atoms with Gasteiger partial charge < -0.3 is 9.73 Å². The van der Waals surface area contributed by atoms with Gasteiger partial charge in [-0.1, -0.05) is 59.3 Å². The highest BCUT2D eigenvalue weighted by atomic mass is 35.5. The van der Waals surface area contributed by atoms with Gasteiger partial charge in [0.1, 0.15) is 17.6 Å². The number of fused-ring (bicyclic) bond motifs is 1. The zero-order valence-corrected chi connectivity index (χ0v) is 23.4. The Kier molecular flexibility index (Phi) is 6.68. The minimum atomic E-state index is -0.592. The lowest BCUT2D eigenvalue weighted by Crippen LogP contribution is -2.40. The molecular weight excluding hydrogens is 550 g/mol. The number of amides is 1. The lowest BCUT2D eigenvalue weighted by Gasteiger charge is -2.24. The Balaban J connectivity index is 1.43. The van der Waals surface area contributed by atoms with Crippen LogP contribution in [-0.2, 0) is 4.79 Å². The molecule has 0 spiro atoms. The standard InChI is InChI=1S/C30H22ClN3O3S2/c1-17-7-3-4-10-22(17)33-28(35)26-18(2)32-30-34(27(26)24-11-6-14-38-24)29(36)25(39-30)16-21-12-13-23(37-21)19-8-5-9-20(31)15-19/h3-16,27H,1-2H3,(H,33,35)/b25-16+/t27-/m1/s1. The van der Waals surface area contributed by atoms with Crippen LogP contribution in [0.25, 0.3) is 17.4 Å². The lowest BCUT2D eigenvalue weighted by atomic mass is 10.0. The van der Waals surface area contributed by atoms with Gasteiger partial charge in [-0.3, -0.25) is 14.2 Å². The summed E-state index contributed by atoms with van der Waals surface area (Å²) in [5.41, 5.74) is 3.31. The van der Waals surface area contributed by atoms with E-state index in [0.717, 1.165) is 21.7 Å². The van der Waals surface area contributed by atoms with Crippen molar-refractivity contribution in [3.63, 3.8) is 0 Å². The van der Waals surface area contributed by atoms with Crippen molar-refractivity contribution in [2.75, 3.05) is 5.32 Å². The molecule has 1 amide bonds. The van der Waals surface area contributed by atoms with E-state index in [0.29, 0.717) is 37.1 Å². The molecule has 1 N–H and O–H groups in total. The van der Waals surface area contributed by atoms with Crippen molar-refractivity contribution in [1.82, 2.24) is 4.57 Å². The van der Waals surface area contributed by atoms with E-state index in [2.05, 4.69) is 5.32 Å². The molecule has 1 aliphatic rings. The Morgan fingerprint density at radius 1 is 1.08 bits per heavy atom. The number of furan rings is 1. The maximum Gasteiger partial charge on any atom is 0.271 e. The van der Waals surface area contributed by atoms with Crippen LogP contribution in [0.5, 0.6) is 0 Å². The van der Waals surface area contributed by atoms with E-state index >= 15 is 0 Å². The van der Waals surface area contributed by atoms with Crippen LogP contribution < -0.4 is 20.2 Å². The second kappa shape index (κ2) is 10.3. The lowest BCUT2D eigenvalue weighted by molar-refractivity contribution is -0.113. The molecular formula is C30H22ClN3O3S2. The van der Waals surface area contributed by atoms with Crippen molar-refractivity contribution in [3.8, 4) is 11.3 Å². The number of aryl methyl sites for hydroxylation is 1. The fourth-order valence-electron chi connectivity index (χ4n) is 4.59. The van der Waals surface area contributed by atoms with Gasteiger partial charge in [0, 0.05) is 27.2 Å². The number of benzene rings is 2. The summed E-state index contributed by atoms with van der Waals surface area (Å²) in [5.74, 6) is 0.908. The van der Waals surface area contributed by atoms with Gasteiger partial charge in [-0.15, -0.1) is 11.3 Å². The van der Waals surface area contributed by atoms with Gasteiger partial charge in [0.05, 0.1) is 15.8 Å². The number of allylic oxidation sites excluding steroid dienone is 1. The largest absolute Gasteiger partial charge is 0.457 e. The first-order chi connectivity index (χ1) is 18.9. The number of hydrogen-bond acceptors (Lipinski definition) is 6. The molecule has 0 radical (unpaired) electrons. The SMILES string of the molecule is CC1=C(C(=O)Nc2ccccc2C)[C@@H](c2cccs2)n2c(s/c(=C/c3ccc(-c4cccc(Cl)c4)o3)c2=O)=N1. The Hall–Kier alpha value is -3.98. The maximum atomic E-state index is 13.8. The van der Waals surface area contributed by atoms with E-state index in [1.165, 1.54) is 22.7 Å². The number of nitrogens with one attached hydrogen (secondary N) is 1. The van der Waals surface area contributed by atoms with E-state index in [4.69, 9.17) is 21.0 Å². The van der Waals surface area contributed by atoms with Crippen molar-refractivity contribution >= 4 is 51.9 Å². The molecule has 6 rings (SSSR count). The average Bonchev–Trinajstić information content (AvgIpc) is 3.67. The smallest absolute Gasteiger partial charge is 0.271 e. The van der Waals surface area contributed by atoms with Crippen molar-refractivity contribution in [3.05, 3.63) is 130 Å². The molecule has 3 aromatic heterocycles. The topological polar surface area (TPSA) is 76.6 Å². The summed E-state index contributed by atoms with van der Waals surface area (Å²) in [4.78, 5) is 33.6. The number of halogens is 1. The van der Waals surface area contributed by atoms with Crippen molar-refractivity contribution in [1.29, 1.82) is 0 Å². The highest BCUT2D eigenvalue weighted by Crippen LogP contribution is 2.33. The Morgan fingerprint density at radius 2 is 1.92 bits per heavy atom. The molecule has 194 valence electrons. The fraction of sp³-hybridized carbons (Fsp3) is 0.100. The molecule has 5 aromatic rings. The number of carbonyl (C=O) groups is 1. The second-order valence-electron chi connectivity index (χ2n) is 9.08. The van der Waals surface area contributed by atoms with Crippen LogP contribution in [-0.4, -0.2) is 10.5 Å². The number of hydrogen-bond donors (Lipinski definition) is 1. The number of thiazole rings is 1. The summed E-state index contributed by atoms with van der Waals surface area (Å²) in [6.07, 6.45) is 1.72. The van der Waals surface area contributed by atoms with E-state index in [1.807, 2.05) is 86.0 Å². The molecule has 2 aromatic carbocycles. The molecule has 0 saturated heterocycles. The molecule has 0 saturated carbocycles. The number of carbonyl (C=O) groups excluding carboxylic acids is 1. The first kappa shape index (κ1) is 25.3. The minimum Gasteiger partial charge on any atom is -0.457 e. The number of thiophene rings is 1. The molecule has 6 nitrogen and oxygen atoms in total. The van der Waals surface area contributed by atoms with Crippen LogP contribution >= 0.6 is 34.3 Å². The first-order valence-corrected chi connectivity index (χ1v) is 14.2. The molecule has 9 heteroatoms. The van der Waals surface area contributed by atoms with Crippen LogP contribution in [0, 0.1) is 6.92 Å². The van der Waals surface area contributed by atoms with Gasteiger partial charge in [0.15, 0.2) is 4.80 Å². The first-order valence-electron chi connectivity index (χ1n) is 12.2. The van der Waals surface area contributed by atoms with Gasteiger partial charge in [-0.2, -0.15) is 0 Å². The molecule has 39 heavy (non-hydrogen) atoms. The van der Waals surface area contributed by atoms with Gasteiger partial charge in [-0.25, -0.2) is 4.99 Å². The fourth-order valence-corrected chi connectivity index (χ4v) is 6.63. The molecule has 1 atom stereocenters. The Labute approximate surface area is 236 Å². The van der Waals surface area contributed by atoms with Gasteiger partial charge in [0.25, 0.3) is 11.5 Å². The van der Waals surface area contributed by atoms with Crippen LogP contribution in [0.15, 0.2) is 104 Å². The predicted octanol–water partition coefficient (Wildman–Crippen LogP) is 6.16. The van der Waals surface area contributed by atoms with E-state index in [-0.39, 0.29) is 11.5 Å². The monoisotopic (exact) mass is 571 g/mol. The van der Waals surface area contributed by atoms with Crippen molar-refractivity contribution < 1.29 is 9.21 Å². The summed E-state index contributed by atoms with van der Waals surface area (Å²) in [5, 5.41) is 5.58. The number of aromatic nitrogens is 1. The zero-order chi connectivity index (χ0) is 27.1. The summed E-state index contributed by atoms with van der Waals surface area (Å²) in [7, 11) is 0. The van der Waals surface area contributed by atoms with Crippen LogP contribution in [0.3, 0.4) is 0 Å². The normalized spacial score (nSPS) is 15.3. The van der Waals surface area contributed by atoms with Crippen molar-refractivity contribution in [2.45, 2.75) is 19.9 Å². The van der Waals surface area contributed by atoms with Gasteiger partial charge >= 0.3 is 0 Å². The minimum absolute atomic E-state index is 0.230.